The summed E-state index contributed by atoms with van der Waals surface area (Å²) in [7, 11) is -3.20. The third kappa shape index (κ3) is 3.23. The molecule has 0 bridgehead atoms. The molecule has 20 heavy (non-hydrogen) atoms. The SMILES string of the molecule is CS(=O)(=O)N1CCN(C(=O)c2cc(Cl)ccc2N)CC1. The maximum Gasteiger partial charge on any atom is 0.256 e. The van der Waals surface area contributed by atoms with Gasteiger partial charge in [-0.05, 0) is 18.2 Å². The van der Waals surface area contributed by atoms with E-state index in [1.165, 1.54) is 16.6 Å². The average Bonchev–Trinajstić information content (AvgIpc) is 2.40. The highest BCUT2D eigenvalue weighted by atomic mass is 35.5. The molecule has 1 aromatic rings. The molecule has 1 saturated heterocycles. The van der Waals surface area contributed by atoms with Crippen LogP contribution >= 0.6 is 11.6 Å². The van der Waals surface area contributed by atoms with Crippen LogP contribution in [0.3, 0.4) is 0 Å². The molecule has 2 rings (SSSR count). The molecule has 0 spiro atoms. The van der Waals surface area contributed by atoms with Crippen LogP contribution in [0, 0.1) is 0 Å². The van der Waals surface area contributed by atoms with Crippen molar-refractivity contribution in [2.75, 3.05) is 38.2 Å². The van der Waals surface area contributed by atoms with E-state index in [0.29, 0.717) is 42.5 Å². The van der Waals surface area contributed by atoms with Crippen molar-refractivity contribution < 1.29 is 13.2 Å². The van der Waals surface area contributed by atoms with Crippen LogP contribution in [0.15, 0.2) is 18.2 Å². The van der Waals surface area contributed by atoms with Crippen LogP contribution in [-0.2, 0) is 10.0 Å². The Bertz CT molecular complexity index is 625. The molecule has 0 radical (unpaired) electrons. The number of rotatable bonds is 2. The molecule has 1 aliphatic heterocycles. The smallest absolute Gasteiger partial charge is 0.256 e. The molecule has 0 aromatic heterocycles. The van der Waals surface area contributed by atoms with Crippen molar-refractivity contribution in [1.29, 1.82) is 0 Å². The summed E-state index contributed by atoms with van der Waals surface area (Å²) in [5.74, 6) is -0.224. The molecule has 1 heterocycles. The number of hydrogen-bond donors (Lipinski definition) is 1. The van der Waals surface area contributed by atoms with Gasteiger partial charge in [0.1, 0.15) is 0 Å². The topological polar surface area (TPSA) is 83.7 Å². The average molecular weight is 318 g/mol. The van der Waals surface area contributed by atoms with Gasteiger partial charge in [-0.15, -0.1) is 0 Å². The minimum atomic E-state index is -3.20. The predicted molar refractivity (Wildman–Crippen MR) is 78.2 cm³/mol. The molecule has 8 heteroatoms. The van der Waals surface area contributed by atoms with E-state index in [9.17, 15) is 13.2 Å². The molecule has 1 amide bonds. The van der Waals surface area contributed by atoms with Crippen LogP contribution in [0.2, 0.25) is 5.02 Å². The molecule has 1 fully saturated rings. The Balaban J connectivity index is 2.11. The van der Waals surface area contributed by atoms with E-state index in [1.807, 2.05) is 0 Å². The second-order valence-corrected chi connectivity index (χ2v) is 7.10. The second kappa shape index (κ2) is 5.59. The summed E-state index contributed by atoms with van der Waals surface area (Å²) in [6.45, 7) is 1.28. The van der Waals surface area contributed by atoms with Gasteiger partial charge in [0.25, 0.3) is 5.91 Å². The fourth-order valence-electron chi connectivity index (χ4n) is 2.11. The first-order chi connectivity index (χ1) is 9.29. The van der Waals surface area contributed by atoms with Crippen LogP contribution < -0.4 is 5.73 Å². The van der Waals surface area contributed by atoms with Crippen molar-refractivity contribution in [1.82, 2.24) is 9.21 Å². The van der Waals surface area contributed by atoms with E-state index in [1.54, 1.807) is 17.0 Å². The standard InChI is InChI=1S/C12H16ClN3O3S/c1-20(18,19)16-6-4-15(5-7-16)12(17)10-8-9(13)2-3-11(10)14/h2-3,8H,4-7,14H2,1H3. The van der Waals surface area contributed by atoms with E-state index in [-0.39, 0.29) is 5.91 Å². The van der Waals surface area contributed by atoms with Crippen molar-refractivity contribution >= 4 is 33.2 Å². The zero-order valence-electron chi connectivity index (χ0n) is 11.0. The summed E-state index contributed by atoms with van der Waals surface area (Å²) in [6, 6.07) is 4.74. The lowest BCUT2D eigenvalue weighted by Gasteiger charge is -2.33. The van der Waals surface area contributed by atoms with Gasteiger partial charge in [-0.1, -0.05) is 11.6 Å². The van der Waals surface area contributed by atoms with Crippen molar-refractivity contribution in [3.63, 3.8) is 0 Å². The lowest BCUT2D eigenvalue weighted by atomic mass is 10.1. The van der Waals surface area contributed by atoms with E-state index in [2.05, 4.69) is 0 Å². The molecule has 0 unspecified atom stereocenters. The third-order valence-corrected chi connectivity index (χ3v) is 4.78. The van der Waals surface area contributed by atoms with Gasteiger partial charge < -0.3 is 10.6 Å². The van der Waals surface area contributed by atoms with E-state index < -0.39 is 10.0 Å². The zero-order valence-corrected chi connectivity index (χ0v) is 12.6. The molecule has 1 aromatic carbocycles. The Morgan fingerprint density at radius 2 is 1.85 bits per heavy atom. The van der Waals surface area contributed by atoms with Crippen molar-refractivity contribution in [3.05, 3.63) is 28.8 Å². The summed E-state index contributed by atoms with van der Waals surface area (Å²) < 4.78 is 24.2. The summed E-state index contributed by atoms with van der Waals surface area (Å²) in [4.78, 5) is 13.9. The summed E-state index contributed by atoms with van der Waals surface area (Å²) in [5, 5.41) is 0.442. The normalized spacial score (nSPS) is 17.2. The minimum absolute atomic E-state index is 0.224. The van der Waals surface area contributed by atoms with Crippen molar-refractivity contribution in [2.24, 2.45) is 0 Å². The zero-order chi connectivity index (χ0) is 14.9. The summed E-state index contributed by atoms with van der Waals surface area (Å²) >= 11 is 5.87. The first-order valence-electron chi connectivity index (χ1n) is 6.08. The monoisotopic (exact) mass is 317 g/mol. The quantitative estimate of drug-likeness (QED) is 0.811. The van der Waals surface area contributed by atoms with Crippen LogP contribution in [0.4, 0.5) is 5.69 Å². The molecule has 6 nitrogen and oxygen atoms in total. The third-order valence-electron chi connectivity index (χ3n) is 3.24. The predicted octanol–water partition coefficient (Wildman–Crippen LogP) is 0.640. The number of nitrogen functional groups attached to an aromatic ring is 1. The number of carbonyl (C=O) groups excluding carboxylic acids is 1. The number of anilines is 1. The maximum absolute atomic E-state index is 12.3. The maximum atomic E-state index is 12.3. The Kier molecular flexibility index (Phi) is 4.22. The number of hydrogen-bond acceptors (Lipinski definition) is 4. The van der Waals surface area contributed by atoms with E-state index >= 15 is 0 Å². The van der Waals surface area contributed by atoms with Gasteiger partial charge in [0.15, 0.2) is 0 Å². The molecule has 0 atom stereocenters. The van der Waals surface area contributed by atoms with Gasteiger partial charge in [-0.25, -0.2) is 8.42 Å². The fraction of sp³-hybridized carbons (Fsp3) is 0.417. The van der Waals surface area contributed by atoms with Crippen molar-refractivity contribution in [3.8, 4) is 0 Å². The highest BCUT2D eigenvalue weighted by Gasteiger charge is 2.27. The molecule has 1 aliphatic rings. The molecular formula is C12H16ClN3O3S. The Morgan fingerprint density at radius 3 is 2.40 bits per heavy atom. The van der Waals surface area contributed by atoms with E-state index in [4.69, 9.17) is 17.3 Å². The number of halogens is 1. The number of amides is 1. The Morgan fingerprint density at radius 1 is 1.25 bits per heavy atom. The lowest BCUT2D eigenvalue weighted by molar-refractivity contribution is 0.0699. The lowest BCUT2D eigenvalue weighted by Crippen LogP contribution is -2.50. The minimum Gasteiger partial charge on any atom is -0.398 e. The first-order valence-corrected chi connectivity index (χ1v) is 8.31. The van der Waals surface area contributed by atoms with Crippen LogP contribution in [0.25, 0.3) is 0 Å². The van der Waals surface area contributed by atoms with Gasteiger partial charge in [0, 0.05) is 36.9 Å². The Hall–Kier alpha value is -1.31. The number of sulfonamides is 1. The van der Waals surface area contributed by atoms with Crippen LogP contribution in [0.5, 0.6) is 0 Å². The van der Waals surface area contributed by atoms with Crippen molar-refractivity contribution in [2.45, 2.75) is 0 Å². The molecule has 110 valence electrons. The first kappa shape index (κ1) is 15.1. The molecule has 0 saturated carbocycles. The molecule has 0 aliphatic carbocycles. The molecule has 2 N–H and O–H groups in total. The number of nitrogens with two attached hydrogens (primary N) is 1. The van der Waals surface area contributed by atoms with Crippen LogP contribution in [-0.4, -0.2) is 56.0 Å². The fourth-order valence-corrected chi connectivity index (χ4v) is 3.11. The highest BCUT2D eigenvalue weighted by molar-refractivity contribution is 7.88. The molecular weight excluding hydrogens is 302 g/mol. The van der Waals surface area contributed by atoms with Gasteiger partial charge >= 0.3 is 0 Å². The van der Waals surface area contributed by atoms with Gasteiger partial charge in [-0.3, -0.25) is 4.79 Å². The number of carbonyl (C=O) groups is 1. The Labute approximate surface area is 123 Å². The second-order valence-electron chi connectivity index (χ2n) is 4.69. The van der Waals surface area contributed by atoms with Gasteiger partial charge in [-0.2, -0.15) is 4.31 Å². The number of piperazine rings is 1. The highest BCUT2D eigenvalue weighted by Crippen LogP contribution is 2.20. The number of nitrogens with zero attached hydrogens (tertiary/aromatic N) is 2. The largest absolute Gasteiger partial charge is 0.398 e. The van der Waals surface area contributed by atoms with Gasteiger partial charge in [0.05, 0.1) is 11.8 Å². The van der Waals surface area contributed by atoms with E-state index in [0.717, 1.165) is 0 Å². The summed E-state index contributed by atoms with van der Waals surface area (Å²) in [6.07, 6.45) is 1.17. The summed E-state index contributed by atoms with van der Waals surface area (Å²) in [5.41, 5.74) is 6.50. The number of benzene rings is 1. The van der Waals surface area contributed by atoms with Crippen LogP contribution in [0.1, 0.15) is 10.4 Å². The van der Waals surface area contributed by atoms with Gasteiger partial charge in [0.2, 0.25) is 10.0 Å².